The van der Waals surface area contributed by atoms with E-state index in [9.17, 15) is 0 Å². The van der Waals surface area contributed by atoms with Crippen molar-refractivity contribution < 1.29 is 23.7 Å². The lowest BCUT2D eigenvalue weighted by atomic mass is 10.1. The van der Waals surface area contributed by atoms with Crippen LogP contribution in [0.3, 0.4) is 0 Å². The van der Waals surface area contributed by atoms with Gasteiger partial charge in [0.15, 0.2) is 17.8 Å². The number of hydrogen-bond acceptors (Lipinski definition) is 9. The fraction of sp³-hybridized carbons (Fsp3) is 0.600. The van der Waals surface area contributed by atoms with Crippen LogP contribution in [-0.2, 0) is 9.47 Å². The molecule has 0 amide bonds. The van der Waals surface area contributed by atoms with Crippen LogP contribution < -0.4 is 19.1 Å². The van der Waals surface area contributed by atoms with E-state index in [0.29, 0.717) is 36.0 Å². The lowest BCUT2D eigenvalue weighted by Gasteiger charge is -2.36. The van der Waals surface area contributed by atoms with E-state index in [1.807, 2.05) is 6.07 Å². The second-order valence-corrected chi connectivity index (χ2v) is 7.03. The summed E-state index contributed by atoms with van der Waals surface area (Å²) in [6.45, 7) is 6.07. The van der Waals surface area contributed by atoms with E-state index in [-0.39, 0.29) is 6.29 Å². The van der Waals surface area contributed by atoms with Crippen molar-refractivity contribution in [1.29, 1.82) is 0 Å². The van der Waals surface area contributed by atoms with Crippen LogP contribution in [0.1, 0.15) is 6.42 Å². The molecule has 2 aliphatic rings. The van der Waals surface area contributed by atoms with Crippen molar-refractivity contribution in [2.24, 2.45) is 0 Å². The highest BCUT2D eigenvalue weighted by Gasteiger charge is 2.25. The number of nitrogens with zero attached hydrogens (tertiary/aromatic N) is 4. The topological polar surface area (TPSA) is 78.4 Å². The molecule has 4 rings (SSSR count). The molecular formula is C20H28N4O5. The van der Waals surface area contributed by atoms with Crippen LogP contribution >= 0.6 is 0 Å². The van der Waals surface area contributed by atoms with Crippen LogP contribution in [0.4, 0.5) is 5.82 Å². The lowest BCUT2D eigenvalue weighted by molar-refractivity contribution is -0.0516. The Hall–Kier alpha value is -2.36. The molecule has 0 saturated carbocycles. The molecule has 2 aliphatic heterocycles. The van der Waals surface area contributed by atoms with Gasteiger partial charge in [0.25, 0.3) is 0 Å². The van der Waals surface area contributed by atoms with E-state index in [0.717, 1.165) is 50.3 Å². The molecule has 0 aliphatic carbocycles. The molecule has 0 atom stereocenters. The average molecular weight is 404 g/mol. The molecule has 29 heavy (non-hydrogen) atoms. The van der Waals surface area contributed by atoms with Gasteiger partial charge in [0.05, 0.1) is 39.9 Å². The highest BCUT2D eigenvalue weighted by atomic mass is 16.7. The van der Waals surface area contributed by atoms with E-state index in [1.165, 1.54) is 0 Å². The van der Waals surface area contributed by atoms with Gasteiger partial charge in [-0.05, 0) is 6.07 Å². The second-order valence-electron chi connectivity index (χ2n) is 7.03. The van der Waals surface area contributed by atoms with Crippen molar-refractivity contribution in [3.63, 3.8) is 0 Å². The molecule has 3 heterocycles. The Bertz CT molecular complexity index is 835. The van der Waals surface area contributed by atoms with E-state index in [4.69, 9.17) is 23.7 Å². The first-order chi connectivity index (χ1) is 14.2. The molecule has 1 aromatic carbocycles. The van der Waals surface area contributed by atoms with Gasteiger partial charge in [-0.15, -0.1) is 0 Å². The molecule has 2 fully saturated rings. The number of piperazine rings is 1. The third kappa shape index (κ3) is 4.03. The summed E-state index contributed by atoms with van der Waals surface area (Å²) >= 11 is 0. The van der Waals surface area contributed by atoms with Gasteiger partial charge in [-0.3, -0.25) is 4.90 Å². The van der Waals surface area contributed by atoms with E-state index in [2.05, 4.69) is 19.8 Å². The first-order valence-electron chi connectivity index (χ1n) is 9.89. The minimum Gasteiger partial charge on any atom is -0.493 e. The predicted molar refractivity (Wildman–Crippen MR) is 108 cm³/mol. The van der Waals surface area contributed by atoms with Crippen molar-refractivity contribution in [1.82, 2.24) is 14.9 Å². The number of ether oxygens (including phenoxy) is 5. The quantitative estimate of drug-likeness (QED) is 0.683. The van der Waals surface area contributed by atoms with Crippen molar-refractivity contribution >= 4 is 16.7 Å². The normalized spacial score (nSPS) is 18.4. The second kappa shape index (κ2) is 8.98. The van der Waals surface area contributed by atoms with Crippen LogP contribution in [0.2, 0.25) is 0 Å². The molecule has 9 heteroatoms. The van der Waals surface area contributed by atoms with Crippen molar-refractivity contribution in [2.75, 3.05) is 72.2 Å². The standard InChI is InChI=1S/C20H28N4O5/c1-25-15-12-14-17(19(27-3)18(15)26-2)21-13-22-20(14)24-8-6-23(7-9-24)5-4-16-28-10-11-29-16/h12-13,16H,4-11H2,1-3H3. The molecule has 0 N–H and O–H groups in total. The Kier molecular flexibility index (Phi) is 6.17. The number of benzene rings is 1. The lowest BCUT2D eigenvalue weighted by Crippen LogP contribution is -2.47. The Balaban J connectivity index is 1.52. The zero-order chi connectivity index (χ0) is 20.2. The van der Waals surface area contributed by atoms with Crippen LogP contribution in [0.5, 0.6) is 17.2 Å². The van der Waals surface area contributed by atoms with Crippen LogP contribution in [-0.4, -0.2) is 88.4 Å². The first-order valence-corrected chi connectivity index (χ1v) is 9.89. The highest BCUT2D eigenvalue weighted by Crippen LogP contribution is 2.44. The molecule has 0 unspecified atom stereocenters. The van der Waals surface area contributed by atoms with Crippen molar-refractivity contribution in [2.45, 2.75) is 12.7 Å². The van der Waals surface area contributed by atoms with Crippen molar-refractivity contribution in [3.05, 3.63) is 12.4 Å². The maximum Gasteiger partial charge on any atom is 0.205 e. The fourth-order valence-electron chi connectivity index (χ4n) is 3.95. The fourth-order valence-corrected chi connectivity index (χ4v) is 3.95. The van der Waals surface area contributed by atoms with Crippen molar-refractivity contribution in [3.8, 4) is 17.2 Å². The van der Waals surface area contributed by atoms with E-state index in [1.54, 1.807) is 27.7 Å². The number of hydrogen-bond donors (Lipinski definition) is 0. The Labute approximate surface area is 170 Å². The number of anilines is 1. The Morgan fingerprint density at radius 2 is 1.69 bits per heavy atom. The zero-order valence-corrected chi connectivity index (χ0v) is 17.2. The third-order valence-corrected chi connectivity index (χ3v) is 5.46. The van der Waals surface area contributed by atoms with Crippen LogP contribution in [0.25, 0.3) is 10.9 Å². The van der Waals surface area contributed by atoms with E-state index >= 15 is 0 Å². The largest absolute Gasteiger partial charge is 0.493 e. The van der Waals surface area contributed by atoms with Gasteiger partial charge in [-0.1, -0.05) is 0 Å². The SMILES string of the molecule is COc1cc2c(N3CCN(CCC4OCCO4)CC3)ncnc2c(OC)c1OC. The third-order valence-electron chi connectivity index (χ3n) is 5.46. The molecular weight excluding hydrogens is 376 g/mol. The van der Waals surface area contributed by atoms with Gasteiger partial charge in [0, 0.05) is 39.1 Å². The molecule has 0 bridgehead atoms. The Morgan fingerprint density at radius 1 is 0.966 bits per heavy atom. The average Bonchev–Trinajstić information content (AvgIpc) is 3.30. The molecule has 9 nitrogen and oxygen atoms in total. The minimum absolute atomic E-state index is 0.0475. The zero-order valence-electron chi connectivity index (χ0n) is 17.2. The van der Waals surface area contributed by atoms with Crippen LogP contribution in [0.15, 0.2) is 12.4 Å². The smallest absolute Gasteiger partial charge is 0.205 e. The maximum absolute atomic E-state index is 5.59. The summed E-state index contributed by atoms with van der Waals surface area (Å²) in [7, 11) is 4.81. The molecule has 1 aromatic heterocycles. The summed E-state index contributed by atoms with van der Waals surface area (Å²) in [5, 5.41) is 0.892. The Morgan fingerprint density at radius 3 is 2.34 bits per heavy atom. The summed E-state index contributed by atoms with van der Waals surface area (Å²) in [6, 6.07) is 1.92. The van der Waals surface area contributed by atoms with Gasteiger partial charge in [-0.25, -0.2) is 9.97 Å². The summed E-state index contributed by atoms with van der Waals surface area (Å²) in [6.07, 6.45) is 2.44. The molecule has 0 radical (unpaired) electrons. The van der Waals surface area contributed by atoms with Gasteiger partial charge < -0.3 is 28.6 Å². The predicted octanol–water partition coefficient (Wildman–Crippen LogP) is 1.54. The molecule has 2 aromatic rings. The van der Waals surface area contributed by atoms with Crippen LogP contribution in [0, 0.1) is 0 Å². The summed E-state index contributed by atoms with van der Waals surface area (Å²) in [5.74, 6) is 2.58. The van der Waals surface area contributed by atoms with Gasteiger partial charge in [0.2, 0.25) is 5.75 Å². The molecule has 2 saturated heterocycles. The van der Waals surface area contributed by atoms with Gasteiger partial charge in [0.1, 0.15) is 17.7 Å². The highest BCUT2D eigenvalue weighted by molar-refractivity contribution is 5.97. The first kappa shape index (κ1) is 19.9. The summed E-state index contributed by atoms with van der Waals surface area (Å²) in [4.78, 5) is 13.7. The number of fused-ring (bicyclic) bond motifs is 1. The van der Waals surface area contributed by atoms with Gasteiger partial charge in [-0.2, -0.15) is 0 Å². The molecule has 0 spiro atoms. The van der Waals surface area contributed by atoms with Gasteiger partial charge >= 0.3 is 0 Å². The summed E-state index contributed by atoms with van der Waals surface area (Å²) in [5.41, 5.74) is 0.716. The maximum atomic E-state index is 5.59. The van der Waals surface area contributed by atoms with E-state index < -0.39 is 0 Å². The number of methoxy groups -OCH3 is 3. The number of aromatic nitrogens is 2. The molecule has 158 valence electrons. The summed E-state index contributed by atoms with van der Waals surface area (Å²) < 4.78 is 27.7. The minimum atomic E-state index is -0.0475. The number of rotatable bonds is 7. The monoisotopic (exact) mass is 404 g/mol.